The summed E-state index contributed by atoms with van der Waals surface area (Å²) in [6, 6.07) is 2.09. The summed E-state index contributed by atoms with van der Waals surface area (Å²) < 4.78 is 7.12. The van der Waals surface area contributed by atoms with Crippen molar-refractivity contribution in [3.05, 3.63) is 39.3 Å². The summed E-state index contributed by atoms with van der Waals surface area (Å²) in [5, 5.41) is 22.7. The third kappa shape index (κ3) is 4.20. The van der Waals surface area contributed by atoms with E-state index in [1.807, 2.05) is 35.4 Å². The van der Waals surface area contributed by atoms with Gasteiger partial charge in [-0.1, -0.05) is 0 Å². The molecule has 0 aliphatic carbocycles. The second-order valence-electron chi connectivity index (χ2n) is 6.19. The van der Waals surface area contributed by atoms with Gasteiger partial charge in [-0.2, -0.15) is 16.4 Å². The second kappa shape index (κ2) is 7.57. The predicted octanol–water partition coefficient (Wildman–Crippen LogP) is 2.77. The molecule has 2 aromatic rings. The number of ether oxygens (including phenoxy) is 1. The average molecular weight is 337 g/mol. The van der Waals surface area contributed by atoms with Crippen molar-refractivity contribution in [3.63, 3.8) is 0 Å². The molecule has 0 aliphatic rings. The molecule has 2 rings (SSSR count). The van der Waals surface area contributed by atoms with Crippen LogP contribution >= 0.6 is 11.3 Å². The van der Waals surface area contributed by atoms with Crippen LogP contribution in [0.4, 0.5) is 0 Å². The number of hydrogen-bond acceptors (Lipinski definition) is 5. The molecular weight excluding hydrogens is 310 g/mol. The monoisotopic (exact) mass is 337 g/mol. The van der Waals surface area contributed by atoms with Gasteiger partial charge >= 0.3 is 0 Å². The molecule has 6 heteroatoms. The van der Waals surface area contributed by atoms with Crippen LogP contribution in [0.25, 0.3) is 0 Å². The van der Waals surface area contributed by atoms with Gasteiger partial charge in [-0.15, -0.1) is 0 Å². The van der Waals surface area contributed by atoms with Crippen molar-refractivity contribution in [1.29, 1.82) is 0 Å². The van der Waals surface area contributed by atoms with Crippen LogP contribution in [-0.4, -0.2) is 35.1 Å². The van der Waals surface area contributed by atoms with Crippen LogP contribution in [-0.2, 0) is 16.9 Å². The first kappa shape index (κ1) is 18.1. The van der Waals surface area contributed by atoms with Gasteiger partial charge in [0, 0.05) is 31.0 Å². The molecule has 0 saturated heterocycles. The number of nitrogens with one attached hydrogen (secondary N) is 1. The number of methoxy groups -OCH3 is 1. The number of aliphatic hydroxyl groups is 1. The van der Waals surface area contributed by atoms with Gasteiger partial charge in [0.15, 0.2) is 0 Å². The molecule has 2 aromatic heterocycles. The molecule has 2 atom stereocenters. The minimum Gasteiger partial charge on any atom is -0.384 e. The van der Waals surface area contributed by atoms with Crippen molar-refractivity contribution in [2.45, 2.75) is 45.9 Å². The third-order valence-corrected chi connectivity index (χ3v) is 4.96. The minimum absolute atomic E-state index is 0.122. The highest BCUT2D eigenvalue weighted by Gasteiger charge is 2.25. The number of rotatable bonds is 8. The van der Waals surface area contributed by atoms with Crippen LogP contribution < -0.4 is 5.32 Å². The minimum atomic E-state index is -0.873. The largest absolute Gasteiger partial charge is 0.384 e. The molecule has 128 valence electrons. The molecule has 0 amide bonds. The fourth-order valence-corrected chi connectivity index (χ4v) is 3.64. The molecule has 0 bridgehead atoms. The van der Waals surface area contributed by atoms with E-state index in [1.54, 1.807) is 18.4 Å². The smallest absolute Gasteiger partial charge is 0.100 e. The first-order chi connectivity index (χ1) is 10.9. The lowest BCUT2D eigenvalue weighted by Crippen LogP contribution is -2.36. The van der Waals surface area contributed by atoms with Crippen LogP contribution in [0.3, 0.4) is 0 Å². The van der Waals surface area contributed by atoms with E-state index in [4.69, 9.17) is 4.74 Å². The van der Waals surface area contributed by atoms with Crippen molar-refractivity contribution in [2.75, 3.05) is 20.3 Å². The number of aromatic nitrogens is 2. The van der Waals surface area contributed by atoms with E-state index in [2.05, 4.69) is 24.3 Å². The molecule has 23 heavy (non-hydrogen) atoms. The van der Waals surface area contributed by atoms with E-state index in [9.17, 15) is 5.11 Å². The fourth-order valence-electron chi connectivity index (χ4n) is 2.86. The van der Waals surface area contributed by atoms with E-state index < -0.39 is 5.60 Å². The summed E-state index contributed by atoms with van der Waals surface area (Å²) in [7, 11) is 1.70. The maximum absolute atomic E-state index is 10.6. The van der Waals surface area contributed by atoms with Crippen molar-refractivity contribution in [3.8, 4) is 0 Å². The summed E-state index contributed by atoms with van der Waals surface area (Å²) in [6.07, 6.45) is 0. The van der Waals surface area contributed by atoms with Crippen LogP contribution in [0, 0.1) is 13.8 Å². The molecule has 2 heterocycles. The van der Waals surface area contributed by atoms with Crippen LogP contribution in [0.15, 0.2) is 16.8 Å². The Morgan fingerprint density at radius 3 is 2.83 bits per heavy atom. The molecule has 2 N–H and O–H groups in total. The molecule has 0 fully saturated rings. The first-order valence-corrected chi connectivity index (χ1v) is 8.82. The van der Waals surface area contributed by atoms with Gasteiger partial charge in [0.25, 0.3) is 0 Å². The highest BCUT2D eigenvalue weighted by atomic mass is 32.1. The number of thiophene rings is 1. The second-order valence-corrected chi connectivity index (χ2v) is 6.97. The quantitative estimate of drug-likeness (QED) is 0.778. The SMILES string of the molecule is COCCn1nc(C)c(C(C)NCC(C)(O)c2ccsc2)c1C. The Morgan fingerprint density at radius 2 is 2.22 bits per heavy atom. The Kier molecular flexibility index (Phi) is 5.97. The van der Waals surface area contributed by atoms with E-state index in [0.717, 1.165) is 23.5 Å². The van der Waals surface area contributed by atoms with E-state index >= 15 is 0 Å². The standard InChI is InChI=1S/C17H27N3O2S/c1-12(18-11-17(4,21)15-6-9-23-10-15)16-13(2)19-20(14(16)3)7-8-22-5/h6,9-10,12,18,21H,7-8,11H2,1-5H3. The third-order valence-electron chi connectivity index (χ3n) is 4.27. The summed E-state index contributed by atoms with van der Waals surface area (Å²) in [5.74, 6) is 0. The number of nitrogens with zero attached hydrogens (tertiary/aromatic N) is 2. The van der Waals surface area contributed by atoms with Gasteiger partial charge < -0.3 is 15.2 Å². The maximum Gasteiger partial charge on any atom is 0.100 e. The molecule has 0 saturated carbocycles. The average Bonchev–Trinajstić information content (AvgIpc) is 3.12. The van der Waals surface area contributed by atoms with Gasteiger partial charge in [0.05, 0.1) is 18.8 Å². The Balaban J connectivity index is 2.06. The molecule has 5 nitrogen and oxygen atoms in total. The molecule has 0 aromatic carbocycles. The lowest BCUT2D eigenvalue weighted by molar-refractivity contribution is 0.0547. The van der Waals surface area contributed by atoms with Gasteiger partial charge in [-0.05, 0) is 50.1 Å². The zero-order valence-corrected chi connectivity index (χ0v) is 15.4. The van der Waals surface area contributed by atoms with Gasteiger partial charge in [-0.25, -0.2) is 0 Å². The van der Waals surface area contributed by atoms with Gasteiger partial charge in [0.1, 0.15) is 5.60 Å². The number of hydrogen-bond donors (Lipinski definition) is 2. The topological polar surface area (TPSA) is 59.3 Å². The van der Waals surface area contributed by atoms with Gasteiger partial charge in [-0.3, -0.25) is 4.68 Å². The van der Waals surface area contributed by atoms with Crippen molar-refractivity contribution >= 4 is 11.3 Å². The normalized spacial score (nSPS) is 15.6. The summed E-state index contributed by atoms with van der Waals surface area (Å²) >= 11 is 1.60. The molecule has 0 aliphatic heterocycles. The van der Waals surface area contributed by atoms with E-state index in [0.29, 0.717) is 13.2 Å². The Hall–Kier alpha value is -1.21. The molecule has 0 spiro atoms. The maximum atomic E-state index is 10.6. The fraction of sp³-hybridized carbons (Fsp3) is 0.588. The Morgan fingerprint density at radius 1 is 1.48 bits per heavy atom. The predicted molar refractivity (Wildman–Crippen MR) is 93.9 cm³/mol. The van der Waals surface area contributed by atoms with E-state index in [1.165, 1.54) is 5.56 Å². The Labute approximate surface area is 142 Å². The number of aryl methyl sites for hydroxylation is 1. The van der Waals surface area contributed by atoms with Crippen LogP contribution in [0.2, 0.25) is 0 Å². The molecule has 0 radical (unpaired) electrons. The first-order valence-electron chi connectivity index (χ1n) is 7.88. The lowest BCUT2D eigenvalue weighted by Gasteiger charge is -2.25. The molecule has 2 unspecified atom stereocenters. The van der Waals surface area contributed by atoms with Crippen LogP contribution in [0.5, 0.6) is 0 Å². The highest BCUT2D eigenvalue weighted by molar-refractivity contribution is 7.08. The summed E-state index contributed by atoms with van der Waals surface area (Å²) in [5.41, 5.74) is 3.44. The summed E-state index contributed by atoms with van der Waals surface area (Å²) in [6.45, 7) is 9.96. The van der Waals surface area contributed by atoms with Crippen molar-refractivity contribution < 1.29 is 9.84 Å². The van der Waals surface area contributed by atoms with Gasteiger partial charge in [0.2, 0.25) is 0 Å². The zero-order valence-electron chi connectivity index (χ0n) is 14.6. The van der Waals surface area contributed by atoms with E-state index in [-0.39, 0.29) is 6.04 Å². The van der Waals surface area contributed by atoms with Crippen LogP contribution in [0.1, 0.15) is 42.4 Å². The highest BCUT2D eigenvalue weighted by Crippen LogP contribution is 2.25. The molecular formula is C17H27N3O2S. The lowest BCUT2D eigenvalue weighted by atomic mass is 9.98. The summed E-state index contributed by atoms with van der Waals surface area (Å²) in [4.78, 5) is 0. The zero-order chi connectivity index (χ0) is 17.0. The van der Waals surface area contributed by atoms with Crippen molar-refractivity contribution in [1.82, 2.24) is 15.1 Å². The van der Waals surface area contributed by atoms with Crippen molar-refractivity contribution in [2.24, 2.45) is 0 Å². The Bertz CT molecular complexity index is 620.